The SMILES string of the molecule is C[C@H]1CCc2sc(C(=O)NCCNc3ncccn3)cc2C1. The van der Waals surface area contributed by atoms with Crippen LogP contribution in [-0.4, -0.2) is 29.0 Å². The van der Waals surface area contributed by atoms with E-state index >= 15 is 0 Å². The number of aromatic nitrogens is 2. The van der Waals surface area contributed by atoms with Crippen LogP contribution in [0.4, 0.5) is 5.95 Å². The van der Waals surface area contributed by atoms with Gasteiger partial charge in [-0.3, -0.25) is 4.79 Å². The fraction of sp³-hybridized carbons (Fsp3) is 0.438. The summed E-state index contributed by atoms with van der Waals surface area (Å²) in [5, 5.41) is 6.02. The average molecular weight is 316 g/mol. The largest absolute Gasteiger partial charge is 0.352 e. The minimum atomic E-state index is 0.0165. The normalized spacial score (nSPS) is 16.9. The fourth-order valence-corrected chi connectivity index (χ4v) is 3.77. The van der Waals surface area contributed by atoms with Crippen LogP contribution < -0.4 is 10.6 Å². The van der Waals surface area contributed by atoms with Gasteiger partial charge in [0.2, 0.25) is 5.95 Å². The lowest BCUT2D eigenvalue weighted by molar-refractivity contribution is 0.0959. The Morgan fingerprint density at radius 2 is 2.18 bits per heavy atom. The predicted molar refractivity (Wildman–Crippen MR) is 88.4 cm³/mol. The summed E-state index contributed by atoms with van der Waals surface area (Å²) >= 11 is 1.64. The number of rotatable bonds is 5. The smallest absolute Gasteiger partial charge is 0.261 e. The lowest BCUT2D eigenvalue weighted by Gasteiger charge is -2.16. The average Bonchev–Trinajstić information content (AvgIpc) is 2.95. The van der Waals surface area contributed by atoms with Crippen molar-refractivity contribution in [2.75, 3.05) is 18.4 Å². The standard InChI is InChI=1S/C16H20N4OS/c1-11-3-4-13-12(9-11)10-14(22-13)15(21)17-7-8-20-16-18-5-2-6-19-16/h2,5-6,10-11H,3-4,7-9H2,1H3,(H,17,21)(H,18,19,20)/t11-/m0/s1. The first kappa shape index (κ1) is 15.0. The van der Waals surface area contributed by atoms with Crippen LogP contribution in [0.5, 0.6) is 0 Å². The highest BCUT2D eigenvalue weighted by molar-refractivity contribution is 7.14. The summed E-state index contributed by atoms with van der Waals surface area (Å²) in [5.41, 5.74) is 1.37. The Bertz CT molecular complexity index is 641. The van der Waals surface area contributed by atoms with Crippen LogP contribution in [0.2, 0.25) is 0 Å². The molecule has 2 N–H and O–H groups in total. The molecule has 2 heterocycles. The molecule has 6 heteroatoms. The van der Waals surface area contributed by atoms with E-state index in [0.29, 0.717) is 19.0 Å². The van der Waals surface area contributed by atoms with Gasteiger partial charge in [-0.15, -0.1) is 11.3 Å². The topological polar surface area (TPSA) is 66.9 Å². The first-order chi connectivity index (χ1) is 10.7. The summed E-state index contributed by atoms with van der Waals surface area (Å²) in [7, 11) is 0. The van der Waals surface area contributed by atoms with E-state index in [9.17, 15) is 4.79 Å². The van der Waals surface area contributed by atoms with Gasteiger partial charge in [0.05, 0.1) is 4.88 Å². The fourth-order valence-electron chi connectivity index (χ4n) is 2.65. The van der Waals surface area contributed by atoms with Crippen molar-refractivity contribution in [2.24, 2.45) is 5.92 Å². The highest BCUT2D eigenvalue weighted by Gasteiger charge is 2.20. The first-order valence-corrected chi connectivity index (χ1v) is 8.44. The number of thiophene rings is 1. The van der Waals surface area contributed by atoms with Crippen molar-refractivity contribution in [1.82, 2.24) is 15.3 Å². The van der Waals surface area contributed by atoms with Crippen molar-refractivity contribution in [2.45, 2.75) is 26.2 Å². The van der Waals surface area contributed by atoms with E-state index in [-0.39, 0.29) is 5.91 Å². The molecule has 0 spiro atoms. The van der Waals surface area contributed by atoms with Gasteiger partial charge in [-0.25, -0.2) is 9.97 Å². The van der Waals surface area contributed by atoms with Crippen LogP contribution >= 0.6 is 11.3 Å². The van der Waals surface area contributed by atoms with E-state index < -0.39 is 0 Å². The van der Waals surface area contributed by atoms with Crippen molar-refractivity contribution >= 4 is 23.2 Å². The van der Waals surface area contributed by atoms with Crippen molar-refractivity contribution in [3.8, 4) is 0 Å². The Balaban J connectivity index is 1.48. The summed E-state index contributed by atoms with van der Waals surface area (Å²) < 4.78 is 0. The van der Waals surface area contributed by atoms with Crippen LogP contribution in [0.25, 0.3) is 0 Å². The van der Waals surface area contributed by atoms with Crippen molar-refractivity contribution < 1.29 is 4.79 Å². The molecule has 0 radical (unpaired) electrons. The Morgan fingerprint density at radius 1 is 1.36 bits per heavy atom. The summed E-state index contributed by atoms with van der Waals surface area (Å²) in [6, 6.07) is 3.84. The van der Waals surface area contributed by atoms with Gasteiger partial charge in [0.1, 0.15) is 0 Å². The molecule has 0 aliphatic heterocycles. The quantitative estimate of drug-likeness (QED) is 0.832. The summed E-state index contributed by atoms with van der Waals surface area (Å²) in [5.74, 6) is 1.33. The number of carbonyl (C=O) groups is 1. The number of hydrogen-bond donors (Lipinski definition) is 2. The molecule has 1 atom stereocenters. The molecule has 0 fully saturated rings. The molecule has 22 heavy (non-hydrogen) atoms. The third-order valence-electron chi connectivity index (χ3n) is 3.81. The molecule has 0 saturated heterocycles. The van der Waals surface area contributed by atoms with Gasteiger partial charge >= 0.3 is 0 Å². The van der Waals surface area contributed by atoms with Gasteiger partial charge in [-0.1, -0.05) is 6.92 Å². The second-order valence-corrected chi connectivity index (χ2v) is 6.80. The molecule has 2 aromatic rings. The van der Waals surface area contributed by atoms with E-state index in [1.807, 2.05) is 0 Å². The van der Waals surface area contributed by atoms with Gasteiger partial charge < -0.3 is 10.6 Å². The zero-order valence-electron chi connectivity index (χ0n) is 12.6. The minimum Gasteiger partial charge on any atom is -0.352 e. The van der Waals surface area contributed by atoms with E-state index in [2.05, 4.69) is 33.6 Å². The molecule has 2 aromatic heterocycles. The number of nitrogens with zero attached hydrogens (tertiary/aromatic N) is 2. The van der Waals surface area contributed by atoms with Crippen molar-refractivity contribution in [1.29, 1.82) is 0 Å². The molecule has 116 valence electrons. The van der Waals surface area contributed by atoms with Crippen LogP contribution in [0.3, 0.4) is 0 Å². The van der Waals surface area contributed by atoms with Crippen molar-refractivity contribution in [3.05, 3.63) is 39.8 Å². The number of fused-ring (bicyclic) bond motifs is 1. The van der Waals surface area contributed by atoms with E-state index in [1.165, 1.54) is 16.9 Å². The van der Waals surface area contributed by atoms with Crippen LogP contribution in [0.15, 0.2) is 24.5 Å². The van der Waals surface area contributed by atoms with Crippen molar-refractivity contribution in [3.63, 3.8) is 0 Å². The molecule has 1 aliphatic rings. The van der Waals surface area contributed by atoms with Gasteiger partial charge in [0, 0.05) is 30.4 Å². The number of anilines is 1. The molecule has 1 amide bonds. The molecule has 0 bridgehead atoms. The van der Waals surface area contributed by atoms with Crippen LogP contribution in [-0.2, 0) is 12.8 Å². The number of aryl methyl sites for hydroxylation is 1. The van der Waals surface area contributed by atoms with Crippen LogP contribution in [0.1, 0.15) is 33.5 Å². The number of amides is 1. The Morgan fingerprint density at radius 3 is 3.00 bits per heavy atom. The van der Waals surface area contributed by atoms with E-state index in [4.69, 9.17) is 0 Å². The zero-order chi connectivity index (χ0) is 15.4. The molecule has 3 rings (SSSR count). The molecule has 5 nitrogen and oxygen atoms in total. The maximum atomic E-state index is 12.2. The van der Waals surface area contributed by atoms with Gasteiger partial charge in [-0.05, 0) is 42.9 Å². The first-order valence-electron chi connectivity index (χ1n) is 7.63. The second-order valence-electron chi connectivity index (χ2n) is 5.66. The molecular weight excluding hydrogens is 296 g/mol. The van der Waals surface area contributed by atoms with E-state index in [0.717, 1.165) is 23.6 Å². The second kappa shape index (κ2) is 6.87. The van der Waals surface area contributed by atoms with Gasteiger partial charge in [0.15, 0.2) is 0 Å². The summed E-state index contributed by atoms with van der Waals surface area (Å²) in [4.78, 5) is 22.6. The lowest BCUT2D eigenvalue weighted by Crippen LogP contribution is -2.28. The third-order valence-corrected chi connectivity index (χ3v) is 5.05. The number of carbonyl (C=O) groups excluding carboxylic acids is 1. The summed E-state index contributed by atoms with van der Waals surface area (Å²) in [6.45, 7) is 3.44. The monoisotopic (exact) mass is 316 g/mol. The highest BCUT2D eigenvalue weighted by atomic mass is 32.1. The lowest BCUT2D eigenvalue weighted by atomic mass is 9.90. The van der Waals surface area contributed by atoms with Gasteiger partial charge in [-0.2, -0.15) is 0 Å². The predicted octanol–water partition coefficient (Wildman–Crippen LogP) is 2.50. The zero-order valence-corrected chi connectivity index (χ0v) is 13.4. The van der Waals surface area contributed by atoms with E-state index in [1.54, 1.807) is 29.8 Å². The Labute approximate surface area is 134 Å². The third kappa shape index (κ3) is 3.62. The molecule has 0 saturated carbocycles. The number of nitrogens with one attached hydrogen (secondary N) is 2. The maximum absolute atomic E-state index is 12.2. The molecular formula is C16H20N4OS. The van der Waals surface area contributed by atoms with Crippen LogP contribution in [0, 0.1) is 5.92 Å². The summed E-state index contributed by atoms with van der Waals surface area (Å²) in [6.07, 6.45) is 6.82. The Hall–Kier alpha value is -1.95. The molecule has 0 unspecified atom stereocenters. The molecule has 0 aromatic carbocycles. The number of hydrogen-bond acceptors (Lipinski definition) is 5. The molecule has 1 aliphatic carbocycles. The Kier molecular flexibility index (Phi) is 4.68. The minimum absolute atomic E-state index is 0.0165. The maximum Gasteiger partial charge on any atom is 0.261 e. The van der Waals surface area contributed by atoms with Gasteiger partial charge in [0.25, 0.3) is 5.91 Å². The highest BCUT2D eigenvalue weighted by Crippen LogP contribution is 2.32.